The molecule has 0 saturated carbocycles. The molecule has 112 valence electrons. The van der Waals surface area contributed by atoms with Gasteiger partial charge in [-0.3, -0.25) is 0 Å². The lowest BCUT2D eigenvalue weighted by Crippen LogP contribution is -2.21. The first kappa shape index (κ1) is 15.9. The van der Waals surface area contributed by atoms with E-state index in [1.807, 2.05) is 26.0 Å². The summed E-state index contributed by atoms with van der Waals surface area (Å²) in [7, 11) is 1.74. The molecular weight excluding hydrogens is 292 g/mol. The van der Waals surface area contributed by atoms with E-state index >= 15 is 0 Å². The van der Waals surface area contributed by atoms with E-state index in [2.05, 4.69) is 11.4 Å². The zero-order valence-electron chi connectivity index (χ0n) is 12.3. The molecule has 1 nitrogen and oxygen atoms in total. The molecule has 0 heterocycles. The summed E-state index contributed by atoms with van der Waals surface area (Å²) in [6, 6.07) is 8.04. The molecule has 2 aromatic carbocycles. The van der Waals surface area contributed by atoms with E-state index < -0.39 is 11.6 Å². The highest BCUT2D eigenvalue weighted by atomic mass is 35.5. The number of hydrogen-bond acceptors (Lipinski definition) is 1. The summed E-state index contributed by atoms with van der Waals surface area (Å²) < 4.78 is 27.7. The zero-order valence-corrected chi connectivity index (χ0v) is 13.1. The monoisotopic (exact) mass is 309 g/mol. The third-order valence-corrected chi connectivity index (χ3v) is 3.98. The number of rotatable bonds is 4. The van der Waals surface area contributed by atoms with Crippen molar-refractivity contribution in [3.63, 3.8) is 0 Å². The van der Waals surface area contributed by atoms with Crippen LogP contribution in [-0.4, -0.2) is 7.05 Å². The van der Waals surface area contributed by atoms with Crippen LogP contribution in [0.2, 0.25) is 5.02 Å². The van der Waals surface area contributed by atoms with Crippen molar-refractivity contribution in [1.29, 1.82) is 0 Å². The van der Waals surface area contributed by atoms with Crippen LogP contribution in [0, 0.1) is 25.5 Å². The molecule has 0 spiro atoms. The van der Waals surface area contributed by atoms with Crippen LogP contribution in [0.3, 0.4) is 0 Å². The van der Waals surface area contributed by atoms with Crippen molar-refractivity contribution in [3.05, 3.63) is 69.2 Å². The van der Waals surface area contributed by atoms with Crippen molar-refractivity contribution >= 4 is 11.6 Å². The van der Waals surface area contributed by atoms with Crippen LogP contribution >= 0.6 is 11.6 Å². The Morgan fingerprint density at radius 3 is 2.48 bits per heavy atom. The van der Waals surface area contributed by atoms with Gasteiger partial charge in [-0.05, 0) is 50.6 Å². The van der Waals surface area contributed by atoms with Crippen LogP contribution in [0.5, 0.6) is 0 Å². The maximum Gasteiger partial charge on any atom is 0.142 e. The predicted molar refractivity (Wildman–Crippen MR) is 82.8 cm³/mol. The first-order chi connectivity index (χ1) is 9.92. The minimum Gasteiger partial charge on any atom is -0.313 e. The summed E-state index contributed by atoms with van der Waals surface area (Å²) in [4.78, 5) is 0. The summed E-state index contributed by atoms with van der Waals surface area (Å²) in [6.45, 7) is 4.03. The average Bonchev–Trinajstić information content (AvgIpc) is 2.44. The van der Waals surface area contributed by atoms with Crippen LogP contribution in [0.15, 0.2) is 30.3 Å². The summed E-state index contributed by atoms with van der Waals surface area (Å²) in [5, 5.41) is 2.85. The lowest BCUT2D eigenvalue weighted by Gasteiger charge is -2.19. The van der Waals surface area contributed by atoms with Gasteiger partial charge < -0.3 is 5.32 Å². The van der Waals surface area contributed by atoms with Gasteiger partial charge in [0.2, 0.25) is 0 Å². The molecule has 0 amide bonds. The average molecular weight is 310 g/mol. The van der Waals surface area contributed by atoms with Gasteiger partial charge in [0.1, 0.15) is 11.6 Å². The SMILES string of the molecule is CNC(Cc1cc(C)ccc1C)c1cc(F)c(Cl)cc1F. The van der Waals surface area contributed by atoms with Crippen LogP contribution in [-0.2, 0) is 6.42 Å². The molecule has 1 N–H and O–H groups in total. The molecule has 0 aliphatic heterocycles. The third kappa shape index (κ3) is 3.60. The van der Waals surface area contributed by atoms with Gasteiger partial charge in [-0.25, -0.2) is 8.78 Å². The smallest absolute Gasteiger partial charge is 0.142 e. The minimum absolute atomic E-state index is 0.196. The second-order valence-electron chi connectivity index (χ2n) is 5.26. The number of likely N-dealkylation sites (N-methyl/N-ethyl adjacent to an activating group) is 1. The molecule has 0 aromatic heterocycles. The van der Waals surface area contributed by atoms with E-state index in [1.54, 1.807) is 7.05 Å². The van der Waals surface area contributed by atoms with Crippen LogP contribution in [0.1, 0.15) is 28.3 Å². The molecule has 2 rings (SSSR count). The molecule has 0 saturated heterocycles. The Labute approximate surface area is 128 Å². The minimum atomic E-state index is -0.603. The van der Waals surface area contributed by atoms with Crippen LogP contribution < -0.4 is 5.32 Å². The van der Waals surface area contributed by atoms with Crippen LogP contribution in [0.4, 0.5) is 8.78 Å². The molecule has 0 aliphatic rings. The fraction of sp³-hybridized carbons (Fsp3) is 0.294. The number of benzene rings is 2. The van der Waals surface area contributed by atoms with Crippen molar-refractivity contribution in [1.82, 2.24) is 5.32 Å². The number of halogens is 3. The third-order valence-electron chi connectivity index (χ3n) is 3.69. The highest BCUT2D eigenvalue weighted by molar-refractivity contribution is 6.30. The normalized spacial score (nSPS) is 12.5. The van der Waals surface area contributed by atoms with Crippen molar-refractivity contribution in [2.75, 3.05) is 7.05 Å². The van der Waals surface area contributed by atoms with Crippen LogP contribution in [0.25, 0.3) is 0 Å². The first-order valence-electron chi connectivity index (χ1n) is 6.80. The summed E-state index contributed by atoms with van der Waals surface area (Å²) in [5.41, 5.74) is 3.69. The molecule has 1 unspecified atom stereocenters. The second-order valence-corrected chi connectivity index (χ2v) is 5.67. The lowest BCUT2D eigenvalue weighted by molar-refractivity contribution is 0.522. The summed E-state index contributed by atoms with van der Waals surface area (Å²) in [6.07, 6.45) is 0.585. The molecule has 1 atom stereocenters. The topological polar surface area (TPSA) is 12.0 Å². The van der Waals surface area contributed by atoms with Gasteiger partial charge in [0.15, 0.2) is 0 Å². The highest BCUT2D eigenvalue weighted by Gasteiger charge is 2.18. The Hall–Kier alpha value is -1.45. The molecule has 2 aromatic rings. The number of aryl methyl sites for hydroxylation is 2. The van der Waals surface area contributed by atoms with Gasteiger partial charge >= 0.3 is 0 Å². The van der Waals surface area contributed by atoms with Crippen molar-refractivity contribution in [2.24, 2.45) is 0 Å². The molecule has 0 aliphatic carbocycles. The molecule has 0 fully saturated rings. The van der Waals surface area contributed by atoms with Crippen molar-refractivity contribution in [2.45, 2.75) is 26.3 Å². The Balaban J connectivity index is 2.36. The first-order valence-corrected chi connectivity index (χ1v) is 7.18. The van der Waals surface area contributed by atoms with Crippen molar-refractivity contribution < 1.29 is 8.78 Å². The van der Waals surface area contributed by atoms with Gasteiger partial charge in [-0.1, -0.05) is 35.4 Å². The van der Waals surface area contributed by atoms with E-state index in [9.17, 15) is 8.78 Å². The Bertz CT molecular complexity index is 655. The molecule has 21 heavy (non-hydrogen) atoms. The number of nitrogens with one attached hydrogen (secondary N) is 1. The van der Waals surface area contributed by atoms with E-state index in [0.29, 0.717) is 12.0 Å². The number of hydrogen-bond donors (Lipinski definition) is 1. The molecule has 0 bridgehead atoms. The predicted octanol–water partition coefficient (Wildman–Crippen LogP) is 4.74. The fourth-order valence-corrected chi connectivity index (χ4v) is 2.56. The van der Waals surface area contributed by atoms with E-state index in [4.69, 9.17) is 11.6 Å². The lowest BCUT2D eigenvalue weighted by atomic mass is 9.94. The van der Waals surface area contributed by atoms with E-state index in [1.165, 1.54) is 6.07 Å². The Morgan fingerprint density at radius 2 is 1.81 bits per heavy atom. The largest absolute Gasteiger partial charge is 0.313 e. The molecule has 0 radical (unpaired) electrons. The Morgan fingerprint density at radius 1 is 1.10 bits per heavy atom. The quantitative estimate of drug-likeness (QED) is 0.805. The van der Waals surface area contributed by atoms with Gasteiger partial charge in [0, 0.05) is 11.6 Å². The van der Waals surface area contributed by atoms with Crippen molar-refractivity contribution in [3.8, 4) is 0 Å². The standard InChI is InChI=1S/C17H18ClF2N/c1-10-4-5-11(2)12(6-10)7-17(21-3)13-8-16(20)14(18)9-15(13)19/h4-6,8-9,17,21H,7H2,1-3H3. The summed E-state index contributed by atoms with van der Waals surface area (Å²) >= 11 is 5.60. The van der Waals surface area contributed by atoms with Gasteiger partial charge in [-0.15, -0.1) is 0 Å². The molecule has 4 heteroatoms. The molecular formula is C17H18ClF2N. The van der Waals surface area contributed by atoms with Gasteiger partial charge in [-0.2, -0.15) is 0 Å². The second kappa shape index (κ2) is 6.54. The van der Waals surface area contributed by atoms with E-state index in [0.717, 1.165) is 22.8 Å². The zero-order chi connectivity index (χ0) is 15.6. The maximum atomic E-state index is 14.1. The maximum absolute atomic E-state index is 14.1. The summed E-state index contributed by atoms with van der Waals surface area (Å²) in [5.74, 6) is -1.10. The Kier molecular flexibility index (Phi) is 4.96. The van der Waals surface area contributed by atoms with Gasteiger partial charge in [0.05, 0.1) is 5.02 Å². The van der Waals surface area contributed by atoms with Gasteiger partial charge in [0.25, 0.3) is 0 Å². The fourth-order valence-electron chi connectivity index (χ4n) is 2.41. The highest BCUT2D eigenvalue weighted by Crippen LogP contribution is 2.27. The van der Waals surface area contributed by atoms with E-state index in [-0.39, 0.29) is 11.1 Å².